The third-order valence-electron chi connectivity index (χ3n) is 2.23. The molecule has 2 nitrogen and oxygen atoms in total. The van der Waals surface area contributed by atoms with Crippen molar-refractivity contribution in [3.05, 3.63) is 29.3 Å². The highest BCUT2D eigenvalue weighted by atomic mass is 19.4. The first-order valence-electron chi connectivity index (χ1n) is 5.28. The minimum Gasteiger partial charge on any atom is -0.493 e. The Kier molecular flexibility index (Phi) is 4.15. The van der Waals surface area contributed by atoms with E-state index in [2.05, 4.69) is 0 Å². The molecule has 1 aromatic carbocycles. The van der Waals surface area contributed by atoms with E-state index in [0.29, 0.717) is 0 Å². The molecule has 0 saturated heterocycles. The van der Waals surface area contributed by atoms with E-state index in [1.54, 1.807) is 6.92 Å². The fourth-order valence-corrected chi connectivity index (χ4v) is 1.52. The van der Waals surface area contributed by atoms with Crippen molar-refractivity contribution in [3.63, 3.8) is 0 Å². The van der Waals surface area contributed by atoms with Gasteiger partial charge >= 0.3 is 6.18 Å². The van der Waals surface area contributed by atoms with E-state index in [1.807, 2.05) is 0 Å². The summed E-state index contributed by atoms with van der Waals surface area (Å²) in [7, 11) is 0. The Bertz CT molecular complexity index is 411. The number of hydrogen-bond acceptors (Lipinski definition) is 2. The van der Waals surface area contributed by atoms with Crippen LogP contribution in [0, 0.1) is 0 Å². The van der Waals surface area contributed by atoms with E-state index >= 15 is 0 Å². The fraction of sp³-hybridized carbons (Fsp3) is 0.417. The Balaban J connectivity index is 3.40. The van der Waals surface area contributed by atoms with Crippen LogP contribution in [0.5, 0.6) is 5.75 Å². The zero-order valence-electron chi connectivity index (χ0n) is 9.60. The van der Waals surface area contributed by atoms with Gasteiger partial charge in [0.2, 0.25) is 0 Å². The van der Waals surface area contributed by atoms with Crippen molar-refractivity contribution in [1.82, 2.24) is 0 Å². The van der Waals surface area contributed by atoms with Gasteiger partial charge in [0.05, 0.1) is 6.61 Å². The zero-order valence-corrected chi connectivity index (χ0v) is 9.60. The van der Waals surface area contributed by atoms with Crippen molar-refractivity contribution >= 4 is 5.78 Å². The van der Waals surface area contributed by atoms with Gasteiger partial charge in [0.25, 0.3) is 0 Å². The van der Waals surface area contributed by atoms with E-state index < -0.39 is 17.5 Å². The molecule has 94 valence electrons. The molecule has 0 aromatic heterocycles. The molecule has 1 aromatic rings. The number of alkyl halides is 3. The van der Waals surface area contributed by atoms with Crippen molar-refractivity contribution in [2.24, 2.45) is 0 Å². The maximum atomic E-state index is 12.9. The van der Waals surface area contributed by atoms with Gasteiger partial charge in [-0.2, -0.15) is 13.2 Å². The summed E-state index contributed by atoms with van der Waals surface area (Å²) in [6.45, 7) is 3.23. The molecule has 0 atom stereocenters. The molecule has 0 bridgehead atoms. The predicted molar refractivity (Wildman–Crippen MR) is 57.2 cm³/mol. The number of halogens is 3. The summed E-state index contributed by atoms with van der Waals surface area (Å²) in [6, 6.07) is 3.79. The van der Waals surface area contributed by atoms with Gasteiger partial charge in [-0.3, -0.25) is 4.79 Å². The Morgan fingerprint density at radius 2 is 1.94 bits per heavy atom. The third kappa shape index (κ3) is 2.99. The van der Waals surface area contributed by atoms with Crippen LogP contribution in [0.1, 0.15) is 36.2 Å². The Hall–Kier alpha value is -1.52. The van der Waals surface area contributed by atoms with E-state index in [0.717, 1.165) is 0 Å². The van der Waals surface area contributed by atoms with Crippen LogP contribution in [0.15, 0.2) is 18.2 Å². The molecule has 0 fully saturated rings. The standard InChI is InChI=1S/C12H13F3O2/c1-3-9(16)8-6-5-7-10(17-4-2)11(8)12(13,14)15/h5-7H,3-4H2,1-2H3. The van der Waals surface area contributed by atoms with E-state index in [9.17, 15) is 18.0 Å². The predicted octanol–water partition coefficient (Wildman–Crippen LogP) is 3.70. The number of ketones is 1. The topological polar surface area (TPSA) is 26.3 Å². The molecule has 0 aliphatic rings. The molecule has 0 unspecified atom stereocenters. The normalized spacial score (nSPS) is 11.4. The monoisotopic (exact) mass is 246 g/mol. The maximum absolute atomic E-state index is 12.9. The molecule has 1 rings (SSSR count). The molecule has 0 aliphatic carbocycles. The van der Waals surface area contributed by atoms with E-state index in [1.165, 1.54) is 25.1 Å². The number of hydrogen-bond donors (Lipinski definition) is 0. The van der Waals surface area contributed by atoms with Gasteiger partial charge in [-0.05, 0) is 13.0 Å². The molecule has 0 saturated carbocycles. The smallest absolute Gasteiger partial charge is 0.420 e. The largest absolute Gasteiger partial charge is 0.493 e. The zero-order chi connectivity index (χ0) is 13.1. The van der Waals surface area contributed by atoms with Gasteiger partial charge < -0.3 is 4.74 Å². The van der Waals surface area contributed by atoms with Crippen LogP contribution in [0.2, 0.25) is 0 Å². The van der Waals surface area contributed by atoms with Gasteiger partial charge in [-0.25, -0.2) is 0 Å². The van der Waals surface area contributed by atoms with E-state index in [-0.39, 0.29) is 24.3 Å². The molecule has 17 heavy (non-hydrogen) atoms. The second-order valence-electron chi connectivity index (χ2n) is 3.39. The Morgan fingerprint density at radius 1 is 1.29 bits per heavy atom. The first-order chi connectivity index (χ1) is 7.91. The Labute approximate surface area is 97.4 Å². The van der Waals surface area contributed by atoms with Gasteiger partial charge in [-0.15, -0.1) is 0 Å². The lowest BCUT2D eigenvalue weighted by Gasteiger charge is -2.16. The summed E-state index contributed by atoms with van der Waals surface area (Å²) in [5.41, 5.74) is -1.31. The SMILES string of the molecule is CCOc1cccc(C(=O)CC)c1C(F)(F)F. The first kappa shape index (κ1) is 13.5. The summed E-state index contributed by atoms with van der Waals surface area (Å²) in [5, 5.41) is 0. The third-order valence-corrected chi connectivity index (χ3v) is 2.23. The number of carbonyl (C=O) groups is 1. The first-order valence-corrected chi connectivity index (χ1v) is 5.28. The molecular formula is C12H13F3O2. The van der Waals surface area contributed by atoms with Gasteiger partial charge in [0, 0.05) is 12.0 Å². The number of carbonyl (C=O) groups excluding carboxylic acids is 1. The van der Waals surface area contributed by atoms with Crippen LogP contribution in [0.3, 0.4) is 0 Å². The molecular weight excluding hydrogens is 233 g/mol. The Morgan fingerprint density at radius 3 is 2.41 bits per heavy atom. The minimum atomic E-state index is -4.59. The van der Waals surface area contributed by atoms with Gasteiger partial charge in [-0.1, -0.05) is 19.1 Å². The highest BCUT2D eigenvalue weighted by Crippen LogP contribution is 2.39. The summed E-state index contributed by atoms with van der Waals surface area (Å²) >= 11 is 0. The number of ether oxygens (including phenoxy) is 1. The lowest BCUT2D eigenvalue weighted by atomic mass is 10.0. The molecule has 0 heterocycles. The van der Waals surface area contributed by atoms with Crippen LogP contribution in [0.25, 0.3) is 0 Å². The second kappa shape index (κ2) is 5.21. The van der Waals surface area contributed by atoms with Crippen molar-refractivity contribution in [3.8, 4) is 5.75 Å². The summed E-state index contributed by atoms with van der Waals surface area (Å²) in [6.07, 6.45) is -4.56. The van der Waals surface area contributed by atoms with Crippen LogP contribution >= 0.6 is 0 Å². The summed E-state index contributed by atoms with van der Waals surface area (Å²) in [5.74, 6) is -0.835. The quantitative estimate of drug-likeness (QED) is 0.757. The fourth-order valence-electron chi connectivity index (χ4n) is 1.52. The summed E-state index contributed by atoms with van der Waals surface area (Å²) < 4.78 is 43.6. The highest BCUT2D eigenvalue weighted by Gasteiger charge is 2.38. The minimum absolute atomic E-state index is 0.0264. The molecule has 0 radical (unpaired) electrons. The van der Waals surface area contributed by atoms with Gasteiger partial charge in [0.15, 0.2) is 5.78 Å². The maximum Gasteiger partial charge on any atom is 0.420 e. The van der Waals surface area contributed by atoms with Crippen LogP contribution in [-0.2, 0) is 6.18 Å². The molecule has 0 amide bonds. The van der Waals surface area contributed by atoms with Crippen molar-refractivity contribution < 1.29 is 22.7 Å². The van der Waals surface area contributed by atoms with Crippen molar-refractivity contribution in [1.29, 1.82) is 0 Å². The number of benzene rings is 1. The second-order valence-corrected chi connectivity index (χ2v) is 3.39. The highest BCUT2D eigenvalue weighted by molar-refractivity contribution is 5.98. The lowest BCUT2D eigenvalue weighted by molar-refractivity contribution is -0.139. The molecule has 0 N–H and O–H groups in total. The molecule has 0 aliphatic heterocycles. The van der Waals surface area contributed by atoms with Crippen LogP contribution in [0.4, 0.5) is 13.2 Å². The number of Topliss-reactive ketones (excluding diaryl/α,β-unsaturated/α-hetero) is 1. The van der Waals surface area contributed by atoms with Crippen LogP contribution < -0.4 is 4.74 Å². The van der Waals surface area contributed by atoms with Gasteiger partial charge in [0.1, 0.15) is 11.3 Å². The lowest BCUT2D eigenvalue weighted by Crippen LogP contribution is -2.15. The van der Waals surface area contributed by atoms with Crippen molar-refractivity contribution in [2.75, 3.05) is 6.61 Å². The summed E-state index contributed by atoms with van der Waals surface area (Å²) in [4.78, 5) is 11.5. The molecule has 0 spiro atoms. The average molecular weight is 246 g/mol. The van der Waals surface area contributed by atoms with Crippen molar-refractivity contribution in [2.45, 2.75) is 26.4 Å². The average Bonchev–Trinajstić information content (AvgIpc) is 2.26. The van der Waals surface area contributed by atoms with E-state index in [4.69, 9.17) is 4.74 Å². The number of rotatable bonds is 4. The molecule has 5 heteroatoms. The van der Waals surface area contributed by atoms with Crippen LogP contribution in [-0.4, -0.2) is 12.4 Å².